The lowest BCUT2D eigenvalue weighted by atomic mass is 9.92. The van der Waals surface area contributed by atoms with Crippen LogP contribution in [0.3, 0.4) is 0 Å². The van der Waals surface area contributed by atoms with Gasteiger partial charge in [-0.2, -0.15) is 0 Å². The van der Waals surface area contributed by atoms with Crippen molar-refractivity contribution < 1.29 is 13.9 Å². The van der Waals surface area contributed by atoms with Crippen LogP contribution in [0.25, 0.3) is 0 Å². The number of imidazole rings is 1. The van der Waals surface area contributed by atoms with Gasteiger partial charge in [-0.25, -0.2) is 14.2 Å². The summed E-state index contributed by atoms with van der Waals surface area (Å²) in [6, 6.07) is 12.2. The lowest BCUT2D eigenvalue weighted by Gasteiger charge is -2.21. The molecule has 5 nitrogen and oxygen atoms in total. The smallest absolute Gasteiger partial charge is 0.334 e. The van der Waals surface area contributed by atoms with Gasteiger partial charge in [0.1, 0.15) is 17.9 Å². The fourth-order valence-electron chi connectivity index (χ4n) is 4.59. The fourth-order valence-corrected chi connectivity index (χ4v) is 4.59. The Balaban J connectivity index is 1.57. The van der Waals surface area contributed by atoms with Gasteiger partial charge in [0.25, 0.3) is 0 Å². The van der Waals surface area contributed by atoms with Gasteiger partial charge in [-0.1, -0.05) is 18.2 Å². The van der Waals surface area contributed by atoms with Crippen LogP contribution in [-0.4, -0.2) is 29.2 Å². The van der Waals surface area contributed by atoms with Crippen LogP contribution in [0.15, 0.2) is 48.8 Å². The Bertz CT molecular complexity index is 1090. The summed E-state index contributed by atoms with van der Waals surface area (Å²) < 4.78 is 21.3. The van der Waals surface area contributed by atoms with Crippen molar-refractivity contribution in [3.8, 4) is 5.75 Å². The maximum Gasteiger partial charge on any atom is 0.334 e. The van der Waals surface area contributed by atoms with E-state index in [0.717, 1.165) is 59.6 Å². The molecule has 2 aromatic carbocycles. The molecule has 5 rings (SSSR count). The lowest BCUT2D eigenvalue weighted by molar-refractivity contribution is 0.247. The molecule has 0 saturated heterocycles. The van der Waals surface area contributed by atoms with Crippen molar-refractivity contribution in [2.24, 2.45) is 0 Å². The van der Waals surface area contributed by atoms with Crippen molar-refractivity contribution in [1.29, 1.82) is 0 Å². The number of benzene rings is 2. The van der Waals surface area contributed by atoms with Crippen molar-refractivity contribution in [3.63, 3.8) is 0 Å². The van der Waals surface area contributed by atoms with Crippen LogP contribution in [0.2, 0.25) is 0 Å². The number of methoxy groups -OCH3 is 1. The normalized spacial score (nSPS) is 17.7. The maximum atomic E-state index is 14.1. The number of hydrogen-bond acceptors (Lipinski definition) is 3. The van der Waals surface area contributed by atoms with Gasteiger partial charge in [-0.3, -0.25) is 9.47 Å². The van der Waals surface area contributed by atoms with Crippen LogP contribution in [-0.2, 0) is 12.8 Å². The van der Waals surface area contributed by atoms with E-state index in [4.69, 9.17) is 4.74 Å². The molecule has 1 aliphatic carbocycles. The molecule has 1 unspecified atom stereocenters. The van der Waals surface area contributed by atoms with E-state index in [2.05, 4.69) is 4.98 Å². The van der Waals surface area contributed by atoms with E-state index in [1.165, 1.54) is 12.1 Å². The number of carbonyl (C=O) groups is 1. The highest BCUT2D eigenvalue weighted by atomic mass is 19.1. The topological polar surface area (TPSA) is 47.4 Å². The first kappa shape index (κ1) is 17.9. The Labute approximate surface area is 168 Å². The first-order valence-corrected chi connectivity index (χ1v) is 9.96. The summed E-state index contributed by atoms with van der Waals surface area (Å²) in [5.74, 6) is 0.278. The maximum absolute atomic E-state index is 14.1. The summed E-state index contributed by atoms with van der Waals surface area (Å²) in [6.07, 6.45) is 5.60. The Kier molecular flexibility index (Phi) is 4.34. The first-order valence-electron chi connectivity index (χ1n) is 9.96. The van der Waals surface area contributed by atoms with E-state index in [-0.39, 0.29) is 17.8 Å². The number of carbonyl (C=O) groups excluding carboxylic acids is 1. The fraction of sp³-hybridized carbons (Fsp3) is 0.304. The number of para-hydroxylation sites is 1. The number of aryl methyl sites for hydroxylation is 1. The molecule has 0 saturated carbocycles. The third kappa shape index (κ3) is 2.90. The van der Waals surface area contributed by atoms with Crippen LogP contribution >= 0.6 is 0 Å². The highest BCUT2D eigenvalue weighted by Crippen LogP contribution is 2.43. The number of fused-ring (bicyclic) bond motifs is 2. The molecule has 2 aliphatic rings. The molecule has 1 atom stereocenters. The predicted octanol–water partition coefficient (Wildman–Crippen LogP) is 4.53. The van der Waals surface area contributed by atoms with Gasteiger partial charge in [0.05, 0.1) is 18.5 Å². The average molecular weight is 391 g/mol. The SMILES string of the molecule is COc1ccccc1C1CN(C(=O)n2cnc3c2CCCC3)c2ccc(F)cc21. The second-order valence-electron chi connectivity index (χ2n) is 7.61. The highest BCUT2D eigenvalue weighted by Gasteiger charge is 2.36. The van der Waals surface area contributed by atoms with Gasteiger partial charge in [0.15, 0.2) is 0 Å². The number of ether oxygens (including phenoxy) is 1. The summed E-state index contributed by atoms with van der Waals surface area (Å²) in [7, 11) is 1.63. The average Bonchev–Trinajstić information content (AvgIpc) is 3.35. The number of nitrogens with zero attached hydrogens (tertiary/aromatic N) is 3. The zero-order valence-electron chi connectivity index (χ0n) is 16.3. The predicted molar refractivity (Wildman–Crippen MR) is 108 cm³/mol. The van der Waals surface area contributed by atoms with Crippen LogP contribution in [0.1, 0.15) is 41.3 Å². The monoisotopic (exact) mass is 391 g/mol. The number of amides is 1. The second kappa shape index (κ2) is 7.03. The number of anilines is 1. The number of hydrogen-bond donors (Lipinski definition) is 0. The number of aromatic nitrogens is 2. The van der Waals surface area contributed by atoms with Crippen LogP contribution in [0.4, 0.5) is 14.9 Å². The zero-order chi connectivity index (χ0) is 20.0. The Morgan fingerprint density at radius 1 is 1.14 bits per heavy atom. The molecule has 3 aromatic rings. The van der Waals surface area contributed by atoms with Crippen molar-refractivity contribution >= 4 is 11.7 Å². The van der Waals surface area contributed by atoms with E-state index in [0.29, 0.717) is 6.54 Å². The van der Waals surface area contributed by atoms with Crippen molar-refractivity contribution in [2.45, 2.75) is 31.6 Å². The Hall–Kier alpha value is -3.15. The molecular weight excluding hydrogens is 369 g/mol. The minimum absolute atomic E-state index is 0.133. The van der Waals surface area contributed by atoms with Crippen LogP contribution < -0.4 is 9.64 Å². The number of rotatable bonds is 2. The quantitative estimate of drug-likeness (QED) is 0.645. The van der Waals surface area contributed by atoms with E-state index in [1.54, 1.807) is 29.0 Å². The molecule has 29 heavy (non-hydrogen) atoms. The molecule has 1 aromatic heterocycles. The summed E-state index contributed by atoms with van der Waals surface area (Å²) in [5.41, 5.74) is 4.52. The van der Waals surface area contributed by atoms with Crippen molar-refractivity contribution in [1.82, 2.24) is 9.55 Å². The minimum Gasteiger partial charge on any atom is -0.496 e. The lowest BCUT2D eigenvalue weighted by Crippen LogP contribution is -2.35. The van der Waals surface area contributed by atoms with Crippen molar-refractivity contribution in [3.05, 3.63) is 77.1 Å². The van der Waals surface area contributed by atoms with E-state index in [9.17, 15) is 9.18 Å². The second-order valence-corrected chi connectivity index (χ2v) is 7.61. The molecule has 0 radical (unpaired) electrons. The third-order valence-electron chi connectivity index (χ3n) is 6.00. The van der Waals surface area contributed by atoms with E-state index < -0.39 is 0 Å². The molecule has 2 heterocycles. The van der Waals surface area contributed by atoms with E-state index in [1.807, 2.05) is 24.3 Å². The summed E-state index contributed by atoms with van der Waals surface area (Å²) in [5, 5.41) is 0. The molecule has 1 amide bonds. The molecule has 0 N–H and O–H groups in total. The Morgan fingerprint density at radius 3 is 2.83 bits per heavy atom. The van der Waals surface area contributed by atoms with Gasteiger partial charge in [-0.05, 0) is 55.5 Å². The largest absolute Gasteiger partial charge is 0.496 e. The summed E-state index contributed by atoms with van der Waals surface area (Å²) in [4.78, 5) is 19.7. The zero-order valence-corrected chi connectivity index (χ0v) is 16.3. The molecule has 0 fully saturated rings. The van der Waals surface area contributed by atoms with Gasteiger partial charge >= 0.3 is 6.03 Å². The highest BCUT2D eigenvalue weighted by molar-refractivity contribution is 5.97. The third-order valence-corrected chi connectivity index (χ3v) is 6.00. The molecule has 6 heteroatoms. The molecule has 1 aliphatic heterocycles. The van der Waals surface area contributed by atoms with Gasteiger partial charge < -0.3 is 4.74 Å². The first-order chi connectivity index (χ1) is 14.2. The van der Waals surface area contributed by atoms with Gasteiger partial charge in [0.2, 0.25) is 0 Å². The molecule has 0 spiro atoms. The van der Waals surface area contributed by atoms with Gasteiger partial charge in [0, 0.05) is 23.7 Å². The number of halogens is 1. The Morgan fingerprint density at radius 2 is 1.97 bits per heavy atom. The molecule has 148 valence electrons. The molecule has 0 bridgehead atoms. The summed E-state index contributed by atoms with van der Waals surface area (Å²) >= 11 is 0. The van der Waals surface area contributed by atoms with Crippen LogP contribution in [0.5, 0.6) is 5.75 Å². The standard InChI is InChI=1S/C23H22FN3O2/c1-29-22-9-5-2-6-16(22)18-13-26(20-11-10-15(24)12-17(18)20)23(28)27-14-25-19-7-3-4-8-21(19)27/h2,5-6,9-12,14,18H,3-4,7-8,13H2,1H3. The van der Waals surface area contributed by atoms with Crippen LogP contribution in [0, 0.1) is 5.82 Å². The molecular formula is C23H22FN3O2. The van der Waals surface area contributed by atoms with Crippen molar-refractivity contribution in [2.75, 3.05) is 18.6 Å². The van der Waals surface area contributed by atoms with Gasteiger partial charge in [-0.15, -0.1) is 0 Å². The summed E-state index contributed by atoms with van der Waals surface area (Å²) in [6.45, 7) is 0.435. The van der Waals surface area contributed by atoms with E-state index >= 15 is 0 Å². The minimum atomic E-state index is -0.307.